The topological polar surface area (TPSA) is 81.2 Å². The van der Waals surface area contributed by atoms with E-state index in [9.17, 15) is 4.79 Å². The maximum Gasteiger partial charge on any atom is 0.256 e. The lowest BCUT2D eigenvalue weighted by Crippen LogP contribution is -2.18. The fraction of sp³-hybridized carbons (Fsp3) is 0.308. The van der Waals surface area contributed by atoms with Crippen LogP contribution in [0.25, 0.3) is 22.4 Å². The number of benzene rings is 2. The third kappa shape index (κ3) is 4.18. The lowest BCUT2D eigenvalue weighted by molar-refractivity contribution is 0.102. The highest BCUT2D eigenvalue weighted by Crippen LogP contribution is 2.37. The number of aromatic amines is 1. The number of hydrogen-bond donors (Lipinski definition) is 2. The van der Waals surface area contributed by atoms with Gasteiger partial charge in [0, 0.05) is 17.8 Å². The van der Waals surface area contributed by atoms with Gasteiger partial charge >= 0.3 is 0 Å². The van der Waals surface area contributed by atoms with Crippen molar-refractivity contribution in [2.45, 2.75) is 34.2 Å². The Balaban J connectivity index is 1.82. The standard InChI is InChI=1S/C26H30N4O3/c1-15(2)14-30-17(4)16(3)23(24-27-19-9-7-8-10-20(19)28-24)25(30)29-26(31)18-11-12-21(32-5)22(13-18)33-6/h7-13,15H,14H2,1-6H3,(H,27,28)(H,29,31). The van der Waals surface area contributed by atoms with Gasteiger partial charge in [0.2, 0.25) is 0 Å². The van der Waals surface area contributed by atoms with Crippen molar-refractivity contribution in [3.05, 3.63) is 59.3 Å². The molecule has 172 valence electrons. The minimum Gasteiger partial charge on any atom is -0.493 e. The number of amides is 1. The maximum atomic E-state index is 13.3. The van der Waals surface area contributed by atoms with Crippen LogP contribution < -0.4 is 14.8 Å². The van der Waals surface area contributed by atoms with Gasteiger partial charge in [-0.25, -0.2) is 4.98 Å². The van der Waals surface area contributed by atoms with Gasteiger partial charge in [0.05, 0.1) is 30.8 Å². The van der Waals surface area contributed by atoms with Crippen molar-refractivity contribution >= 4 is 22.8 Å². The Morgan fingerprint density at radius 1 is 1.09 bits per heavy atom. The van der Waals surface area contributed by atoms with Crippen LogP contribution in [0.1, 0.15) is 35.5 Å². The van der Waals surface area contributed by atoms with Crippen LogP contribution in [0.2, 0.25) is 0 Å². The smallest absolute Gasteiger partial charge is 0.256 e. The Morgan fingerprint density at radius 3 is 2.48 bits per heavy atom. The van der Waals surface area contributed by atoms with Crippen molar-refractivity contribution < 1.29 is 14.3 Å². The van der Waals surface area contributed by atoms with Crippen molar-refractivity contribution in [1.82, 2.24) is 14.5 Å². The third-order valence-corrected chi connectivity index (χ3v) is 5.88. The minimum atomic E-state index is -0.226. The SMILES string of the molecule is COc1ccc(C(=O)Nc2c(-c3nc4ccccc4[nH]3)c(C)c(C)n2CC(C)C)cc1OC. The molecule has 0 saturated heterocycles. The van der Waals surface area contributed by atoms with E-state index in [-0.39, 0.29) is 5.91 Å². The van der Waals surface area contributed by atoms with Crippen LogP contribution in [0.4, 0.5) is 5.82 Å². The minimum absolute atomic E-state index is 0.226. The summed E-state index contributed by atoms with van der Waals surface area (Å²) >= 11 is 0. The molecular weight excluding hydrogens is 416 g/mol. The molecule has 0 radical (unpaired) electrons. The van der Waals surface area contributed by atoms with E-state index in [0.29, 0.717) is 23.0 Å². The molecule has 7 heteroatoms. The molecular formula is C26H30N4O3. The van der Waals surface area contributed by atoms with Gasteiger partial charge in [-0.3, -0.25) is 4.79 Å². The number of para-hydroxylation sites is 2. The molecule has 4 rings (SSSR count). The number of nitrogens with zero attached hydrogens (tertiary/aromatic N) is 2. The normalized spacial score (nSPS) is 11.2. The predicted octanol–water partition coefficient (Wildman–Crippen LogP) is 5.57. The second-order valence-corrected chi connectivity index (χ2v) is 8.56. The number of aromatic nitrogens is 3. The molecule has 0 bridgehead atoms. The van der Waals surface area contributed by atoms with Crippen LogP contribution >= 0.6 is 0 Å². The number of fused-ring (bicyclic) bond motifs is 1. The summed E-state index contributed by atoms with van der Waals surface area (Å²) in [7, 11) is 3.13. The molecule has 4 aromatic rings. The van der Waals surface area contributed by atoms with Crippen LogP contribution in [0.3, 0.4) is 0 Å². The molecule has 0 fully saturated rings. The highest BCUT2D eigenvalue weighted by Gasteiger charge is 2.24. The number of ether oxygens (including phenoxy) is 2. The molecule has 0 spiro atoms. The Labute approximate surface area is 193 Å². The van der Waals surface area contributed by atoms with E-state index in [1.165, 1.54) is 0 Å². The Morgan fingerprint density at radius 2 is 1.82 bits per heavy atom. The fourth-order valence-electron chi connectivity index (χ4n) is 4.11. The van der Waals surface area contributed by atoms with E-state index >= 15 is 0 Å². The van der Waals surface area contributed by atoms with E-state index in [1.54, 1.807) is 32.4 Å². The van der Waals surface area contributed by atoms with E-state index in [1.807, 2.05) is 24.3 Å². The summed E-state index contributed by atoms with van der Waals surface area (Å²) in [5, 5.41) is 3.16. The Bertz CT molecular complexity index is 1280. The quantitative estimate of drug-likeness (QED) is 0.389. The number of anilines is 1. The average molecular weight is 447 g/mol. The number of nitrogens with one attached hydrogen (secondary N) is 2. The van der Waals surface area contributed by atoms with Gasteiger partial charge in [-0.15, -0.1) is 0 Å². The first kappa shape index (κ1) is 22.5. The summed E-state index contributed by atoms with van der Waals surface area (Å²) in [5.41, 5.74) is 5.41. The second kappa shape index (κ2) is 9.02. The van der Waals surface area contributed by atoms with Gasteiger partial charge in [-0.05, 0) is 55.7 Å². The van der Waals surface area contributed by atoms with Crippen LogP contribution in [0.15, 0.2) is 42.5 Å². The summed E-state index contributed by atoms with van der Waals surface area (Å²) in [4.78, 5) is 21.6. The second-order valence-electron chi connectivity index (χ2n) is 8.56. The highest BCUT2D eigenvalue weighted by molar-refractivity contribution is 6.06. The van der Waals surface area contributed by atoms with Gasteiger partial charge in [-0.2, -0.15) is 0 Å². The molecule has 0 atom stereocenters. The molecule has 0 aliphatic carbocycles. The largest absolute Gasteiger partial charge is 0.493 e. The molecule has 0 saturated carbocycles. The molecule has 33 heavy (non-hydrogen) atoms. The monoisotopic (exact) mass is 446 g/mol. The first-order valence-electron chi connectivity index (χ1n) is 11.0. The molecule has 0 unspecified atom stereocenters. The fourth-order valence-corrected chi connectivity index (χ4v) is 4.11. The zero-order valence-electron chi connectivity index (χ0n) is 19.9. The maximum absolute atomic E-state index is 13.3. The number of methoxy groups -OCH3 is 2. The highest BCUT2D eigenvalue weighted by atomic mass is 16.5. The first-order valence-corrected chi connectivity index (χ1v) is 11.0. The van der Waals surface area contributed by atoms with Gasteiger partial charge in [0.15, 0.2) is 11.5 Å². The molecule has 0 aliphatic heterocycles. The van der Waals surface area contributed by atoms with Gasteiger partial charge in [-0.1, -0.05) is 26.0 Å². The number of hydrogen-bond acceptors (Lipinski definition) is 4. The summed E-state index contributed by atoms with van der Waals surface area (Å²) in [6.07, 6.45) is 0. The van der Waals surface area contributed by atoms with E-state index < -0.39 is 0 Å². The zero-order chi connectivity index (χ0) is 23.7. The van der Waals surface area contributed by atoms with Crippen molar-refractivity contribution in [3.63, 3.8) is 0 Å². The van der Waals surface area contributed by atoms with E-state index in [2.05, 4.69) is 42.6 Å². The van der Waals surface area contributed by atoms with Crippen LogP contribution in [0.5, 0.6) is 11.5 Å². The Hall–Kier alpha value is -3.74. The van der Waals surface area contributed by atoms with Gasteiger partial charge in [0.25, 0.3) is 5.91 Å². The molecule has 2 aromatic carbocycles. The summed E-state index contributed by atoms with van der Waals surface area (Å²) < 4.78 is 12.8. The van der Waals surface area contributed by atoms with Gasteiger partial charge < -0.3 is 24.3 Å². The number of carbonyl (C=O) groups is 1. The Kier molecular flexibility index (Phi) is 6.14. The van der Waals surface area contributed by atoms with Crippen molar-refractivity contribution in [2.24, 2.45) is 5.92 Å². The van der Waals surface area contributed by atoms with Crippen LogP contribution in [-0.2, 0) is 6.54 Å². The van der Waals surface area contributed by atoms with Gasteiger partial charge in [0.1, 0.15) is 11.6 Å². The molecule has 2 aromatic heterocycles. The number of rotatable bonds is 7. The van der Waals surface area contributed by atoms with E-state index in [0.717, 1.165) is 46.0 Å². The summed E-state index contributed by atoms with van der Waals surface area (Å²) in [6.45, 7) is 9.25. The molecule has 0 aliphatic rings. The number of carbonyl (C=O) groups excluding carboxylic acids is 1. The molecule has 1 amide bonds. The van der Waals surface area contributed by atoms with E-state index in [4.69, 9.17) is 14.5 Å². The van der Waals surface area contributed by atoms with Crippen molar-refractivity contribution in [1.29, 1.82) is 0 Å². The third-order valence-electron chi connectivity index (χ3n) is 5.88. The lowest BCUT2D eigenvalue weighted by atomic mass is 10.1. The predicted molar refractivity (Wildman–Crippen MR) is 131 cm³/mol. The summed E-state index contributed by atoms with van der Waals surface area (Å²) in [5.74, 6) is 2.73. The molecule has 7 nitrogen and oxygen atoms in total. The average Bonchev–Trinajstić information content (AvgIpc) is 3.32. The lowest BCUT2D eigenvalue weighted by Gasteiger charge is -2.16. The summed E-state index contributed by atoms with van der Waals surface area (Å²) in [6, 6.07) is 13.1. The number of imidazole rings is 1. The molecule has 2 N–H and O–H groups in total. The molecule has 2 heterocycles. The zero-order valence-corrected chi connectivity index (χ0v) is 19.9. The van der Waals surface area contributed by atoms with Crippen molar-refractivity contribution in [3.8, 4) is 22.9 Å². The van der Waals surface area contributed by atoms with Crippen LogP contribution in [-0.4, -0.2) is 34.7 Å². The van der Waals surface area contributed by atoms with Crippen molar-refractivity contribution in [2.75, 3.05) is 19.5 Å². The first-order chi connectivity index (χ1) is 15.8. The number of H-pyrrole nitrogens is 1. The van der Waals surface area contributed by atoms with Crippen LogP contribution in [0, 0.1) is 19.8 Å².